The Balaban J connectivity index is 1.34. The molecule has 34 heavy (non-hydrogen) atoms. The maximum absolute atomic E-state index is 12.9. The van der Waals surface area contributed by atoms with E-state index in [2.05, 4.69) is 26.9 Å². The van der Waals surface area contributed by atoms with Gasteiger partial charge < -0.3 is 9.47 Å². The van der Waals surface area contributed by atoms with Crippen LogP contribution in [-0.2, 0) is 22.6 Å². The van der Waals surface area contributed by atoms with E-state index in [9.17, 15) is 4.79 Å². The van der Waals surface area contributed by atoms with Gasteiger partial charge in [-0.1, -0.05) is 37.5 Å². The monoisotopic (exact) mass is 466 g/mol. The summed E-state index contributed by atoms with van der Waals surface area (Å²) in [6, 6.07) is 8.27. The van der Waals surface area contributed by atoms with E-state index in [1.807, 2.05) is 32.9 Å². The van der Waals surface area contributed by atoms with E-state index < -0.39 is 5.60 Å². The molecule has 0 radical (unpaired) electrons. The third kappa shape index (κ3) is 5.14. The first-order valence-electron chi connectivity index (χ1n) is 13.0. The van der Waals surface area contributed by atoms with Gasteiger partial charge in [0.2, 0.25) is 0 Å². The summed E-state index contributed by atoms with van der Waals surface area (Å²) in [5, 5.41) is 9.23. The SMILES string of the molecule is CC(C)(C)OC(=O)N1Cc2ccccc2-n2c(nnc2C2CCC(OC3CCCCC3)CC2)C1. The third-order valence-electron chi connectivity index (χ3n) is 7.31. The summed E-state index contributed by atoms with van der Waals surface area (Å²) in [4.78, 5) is 14.7. The number of ether oxygens (including phenoxy) is 2. The van der Waals surface area contributed by atoms with Crippen LogP contribution in [0.1, 0.15) is 102 Å². The van der Waals surface area contributed by atoms with E-state index >= 15 is 0 Å². The van der Waals surface area contributed by atoms with Crippen molar-refractivity contribution in [1.29, 1.82) is 0 Å². The molecule has 0 N–H and O–H groups in total. The Morgan fingerprint density at radius 1 is 0.912 bits per heavy atom. The van der Waals surface area contributed by atoms with E-state index in [0.717, 1.165) is 48.6 Å². The highest BCUT2D eigenvalue weighted by molar-refractivity contribution is 5.68. The number of carbonyl (C=O) groups is 1. The fourth-order valence-electron chi connectivity index (χ4n) is 5.64. The van der Waals surface area contributed by atoms with Crippen molar-refractivity contribution in [2.24, 2.45) is 0 Å². The molecule has 184 valence electrons. The summed E-state index contributed by atoms with van der Waals surface area (Å²) >= 11 is 0. The zero-order valence-electron chi connectivity index (χ0n) is 20.8. The number of fused-ring (bicyclic) bond motifs is 3. The molecule has 5 rings (SSSR count). The maximum Gasteiger partial charge on any atom is 0.411 e. The predicted octanol–water partition coefficient (Wildman–Crippen LogP) is 5.89. The van der Waals surface area contributed by atoms with Crippen molar-refractivity contribution in [3.8, 4) is 5.69 Å². The molecule has 1 aromatic heterocycles. The zero-order valence-corrected chi connectivity index (χ0v) is 20.8. The smallest absolute Gasteiger partial charge is 0.411 e. The van der Waals surface area contributed by atoms with Gasteiger partial charge in [-0.15, -0.1) is 10.2 Å². The van der Waals surface area contributed by atoms with Gasteiger partial charge in [0.1, 0.15) is 11.4 Å². The molecule has 7 heteroatoms. The molecule has 1 amide bonds. The summed E-state index contributed by atoms with van der Waals surface area (Å²) < 4.78 is 14.3. The number of hydrogen-bond donors (Lipinski definition) is 0. The van der Waals surface area contributed by atoms with E-state index in [1.165, 1.54) is 32.1 Å². The van der Waals surface area contributed by atoms with Crippen LogP contribution in [0.5, 0.6) is 0 Å². The highest BCUT2D eigenvalue weighted by Gasteiger charge is 2.33. The minimum atomic E-state index is -0.542. The fraction of sp³-hybridized carbons (Fsp3) is 0.667. The van der Waals surface area contributed by atoms with Crippen molar-refractivity contribution >= 4 is 6.09 Å². The van der Waals surface area contributed by atoms with Gasteiger partial charge in [-0.2, -0.15) is 0 Å². The van der Waals surface area contributed by atoms with Crippen molar-refractivity contribution in [3.05, 3.63) is 41.5 Å². The van der Waals surface area contributed by atoms with Gasteiger partial charge in [0.15, 0.2) is 5.82 Å². The minimum Gasteiger partial charge on any atom is -0.444 e. The molecule has 0 spiro atoms. The molecule has 1 aliphatic heterocycles. The average Bonchev–Trinajstić information content (AvgIpc) is 3.14. The molecule has 2 saturated carbocycles. The number of amides is 1. The number of aromatic nitrogens is 3. The van der Waals surface area contributed by atoms with Crippen LogP contribution in [0.2, 0.25) is 0 Å². The average molecular weight is 467 g/mol. The van der Waals surface area contributed by atoms with Gasteiger partial charge in [0.25, 0.3) is 0 Å². The lowest BCUT2D eigenvalue weighted by Gasteiger charge is -2.32. The second-order valence-corrected chi connectivity index (χ2v) is 11.1. The Kier molecular flexibility index (Phi) is 6.65. The molecule has 2 aromatic rings. The van der Waals surface area contributed by atoms with Crippen LogP contribution >= 0.6 is 0 Å². The standard InChI is InChI=1S/C27H38N4O3/c1-27(2,3)34-26(32)30-17-20-9-7-8-12-23(20)31-24(18-30)28-29-25(31)19-13-15-22(16-14-19)33-21-10-5-4-6-11-21/h7-9,12,19,21-22H,4-6,10-11,13-18H2,1-3H3. The molecule has 1 aromatic carbocycles. The molecule has 0 unspecified atom stereocenters. The molecule has 2 fully saturated rings. The largest absolute Gasteiger partial charge is 0.444 e. The number of hydrogen-bond acceptors (Lipinski definition) is 5. The van der Waals surface area contributed by atoms with Crippen LogP contribution in [0.25, 0.3) is 5.69 Å². The predicted molar refractivity (Wildman–Crippen MR) is 130 cm³/mol. The summed E-state index contributed by atoms with van der Waals surface area (Å²) in [5.41, 5.74) is 1.62. The molecular formula is C27H38N4O3. The van der Waals surface area contributed by atoms with Crippen LogP contribution in [0.4, 0.5) is 4.79 Å². The van der Waals surface area contributed by atoms with Crippen LogP contribution < -0.4 is 0 Å². The van der Waals surface area contributed by atoms with Crippen molar-refractivity contribution < 1.29 is 14.3 Å². The molecular weight excluding hydrogens is 428 g/mol. The van der Waals surface area contributed by atoms with E-state index in [4.69, 9.17) is 9.47 Å². The Morgan fingerprint density at radius 3 is 2.35 bits per heavy atom. The van der Waals surface area contributed by atoms with Crippen LogP contribution in [0, 0.1) is 0 Å². The fourth-order valence-corrected chi connectivity index (χ4v) is 5.64. The molecule has 0 bridgehead atoms. The van der Waals surface area contributed by atoms with Gasteiger partial charge in [0, 0.05) is 5.92 Å². The molecule has 3 aliphatic rings. The van der Waals surface area contributed by atoms with Crippen LogP contribution in [0.15, 0.2) is 24.3 Å². The number of nitrogens with zero attached hydrogens (tertiary/aromatic N) is 4. The quantitative estimate of drug-likeness (QED) is 0.564. The summed E-state index contributed by atoms with van der Waals surface area (Å²) in [7, 11) is 0. The summed E-state index contributed by atoms with van der Waals surface area (Å²) in [5.74, 6) is 2.17. The second kappa shape index (κ2) is 9.68. The minimum absolute atomic E-state index is 0.319. The Labute approximate surface area is 202 Å². The third-order valence-corrected chi connectivity index (χ3v) is 7.31. The van der Waals surface area contributed by atoms with Gasteiger partial charge in [-0.05, 0) is 70.9 Å². The van der Waals surface area contributed by atoms with E-state index in [0.29, 0.717) is 31.2 Å². The van der Waals surface area contributed by atoms with Crippen LogP contribution in [0.3, 0.4) is 0 Å². The van der Waals surface area contributed by atoms with Crippen molar-refractivity contribution in [2.45, 2.75) is 115 Å². The first-order chi connectivity index (χ1) is 16.4. The summed E-state index contributed by atoms with van der Waals surface area (Å²) in [6.07, 6.45) is 11.2. The number of carbonyl (C=O) groups excluding carboxylic acids is 1. The van der Waals surface area contributed by atoms with Gasteiger partial charge >= 0.3 is 6.09 Å². The highest BCUT2D eigenvalue weighted by Crippen LogP contribution is 2.37. The first-order valence-corrected chi connectivity index (χ1v) is 13.0. The van der Waals surface area contributed by atoms with E-state index in [-0.39, 0.29) is 6.09 Å². The lowest BCUT2D eigenvalue weighted by Crippen LogP contribution is -2.35. The Bertz CT molecular complexity index is 998. The topological polar surface area (TPSA) is 69.5 Å². The van der Waals surface area contributed by atoms with Gasteiger partial charge in [-0.25, -0.2) is 4.79 Å². The zero-order chi connectivity index (χ0) is 23.7. The maximum atomic E-state index is 12.9. The van der Waals surface area contributed by atoms with Crippen molar-refractivity contribution in [2.75, 3.05) is 0 Å². The highest BCUT2D eigenvalue weighted by atomic mass is 16.6. The Hall–Kier alpha value is -2.41. The lowest BCUT2D eigenvalue weighted by molar-refractivity contribution is -0.0475. The molecule has 2 aliphatic carbocycles. The molecule has 7 nitrogen and oxygen atoms in total. The van der Waals surface area contributed by atoms with Gasteiger partial charge in [-0.3, -0.25) is 9.47 Å². The lowest BCUT2D eigenvalue weighted by atomic mass is 9.86. The molecule has 0 saturated heterocycles. The van der Waals surface area contributed by atoms with Gasteiger partial charge in [0.05, 0.1) is 31.0 Å². The second-order valence-electron chi connectivity index (χ2n) is 11.1. The number of para-hydroxylation sites is 1. The number of rotatable bonds is 3. The molecule has 0 atom stereocenters. The Morgan fingerprint density at radius 2 is 1.62 bits per heavy atom. The molecule has 2 heterocycles. The van der Waals surface area contributed by atoms with E-state index in [1.54, 1.807) is 4.90 Å². The first kappa shape index (κ1) is 23.3. The normalized spacial score (nSPS) is 23.7. The van der Waals surface area contributed by atoms with Crippen molar-refractivity contribution in [3.63, 3.8) is 0 Å². The number of benzene rings is 1. The summed E-state index contributed by atoms with van der Waals surface area (Å²) in [6.45, 7) is 6.56. The van der Waals surface area contributed by atoms with Crippen LogP contribution in [-0.4, -0.2) is 43.6 Å². The van der Waals surface area contributed by atoms with Crippen molar-refractivity contribution in [1.82, 2.24) is 19.7 Å².